The summed E-state index contributed by atoms with van der Waals surface area (Å²) in [7, 11) is 1.45. The van der Waals surface area contributed by atoms with Crippen LogP contribution in [0, 0.1) is 0 Å². The molecule has 0 saturated carbocycles. The molecule has 3 N–H and O–H groups in total. The molecule has 0 aromatic heterocycles. The monoisotopic (exact) mass is 278 g/mol. The number of rotatable bonds is 3. The number of likely N-dealkylation sites (tertiary alicyclic amines) is 1. The molecule has 108 valence electrons. The summed E-state index contributed by atoms with van der Waals surface area (Å²) in [5, 5.41) is 9.23. The standard InChI is InChI=1S/C14H18N2O4/c1-20-12-8-9(15)5-6-10(12)13(17)16-7-3-2-4-11(16)14(18)19/h5-6,8,11H,2-4,7,15H2,1H3,(H,18,19). The number of carboxylic acids is 1. The molecule has 20 heavy (non-hydrogen) atoms. The molecule has 1 aliphatic rings. The van der Waals surface area contributed by atoms with Crippen LogP contribution < -0.4 is 10.5 Å². The maximum absolute atomic E-state index is 12.5. The lowest BCUT2D eigenvalue weighted by molar-refractivity contribution is -0.143. The minimum atomic E-state index is -0.965. The molecule has 0 bridgehead atoms. The Morgan fingerprint density at radius 1 is 1.40 bits per heavy atom. The number of carboxylic acid groups (broad SMARTS) is 1. The van der Waals surface area contributed by atoms with Crippen LogP contribution in [0.4, 0.5) is 5.69 Å². The van der Waals surface area contributed by atoms with E-state index in [1.807, 2.05) is 0 Å². The number of methoxy groups -OCH3 is 1. The van der Waals surface area contributed by atoms with Gasteiger partial charge in [-0.3, -0.25) is 4.79 Å². The van der Waals surface area contributed by atoms with Gasteiger partial charge < -0.3 is 20.5 Å². The number of ether oxygens (including phenoxy) is 1. The topological polar surface area (TPSA) is 92.9 Å². The molecule has 0 radical (unpaired) electrons. The number of nitrogens with two attached hydrogens (primary N) is 1. The highest BCUT2D eigenvalue weighted by molar-refractivity contribution is 5.99. The quantitative estimate of drug-likeness (QED) is 0.814. The van der Waals surface area contributed by atoms with E-state index in [-0.39, 0.29) is 5.91 Å². The van der Waals surface area contributed by atoms with Gasteiger partial charge >= 0.3 is 5.97 Å². The van der Waals surface area contributed by atoms with Crippen molar-refractivity contribution in [3.8, 4) is 5.75 Å². The molecule has 6 heteroatoms. The Balaban J connectivity index is 2.32. The Morgan fingerprint density at radius 3 is 2.80 bits per heavy atom. The zero-order chi connectivity index (χ0) is 14.7. The fourth-order valence-corrected chi connectivity index (χ4v) is 2.47. The summed E-state index contributed by atoms with van der Waals surface area (Å²) in [5.41, 5.74) is 6.49. The van der Waals surface area contributed by atoms with Gasteiger partial charge in [0.25, 0.3) is 5.91 Å². The number of hydrogen-bond acceptors (Lipinski definition) is 4. The number of aliphatic carboxylic acids is 1. The van der Waals surface area contributed by atoms with Crippen molar-refractivity contribution in [2.75, 3.05) is 19.4 Å². The van der Waals surface area contributed by atoms with Gasteiger partial charge in [-0.25, -0.2) is 4.79 Å². The van der Waals surface area contributed by atoms with E-state index in [2.05, 4.69) is 0 Å². The van der Waals surface area contributed by atoms with Crippen molar-refractivity contribution in [3.05, 3.63) is 23.8 Å². The Labute approximate surface area is 117 Å². The minimum absolute atomic E-state index is 0.325. The maximum atomic E-state index is 12.5. The molecule has 0 spiro atoms. The number of carbonyl (C=O) groups is 2. The summed E-state index contributed by atoms with van der Waals surface area (Å²) in [6.07, 6.45) is 2.12. The summed E-state index contributed by atoms with van der Waals surface area (Å²) in [4.78, 5) is 25.2. The second-order valence-corrected chi connectivity index (χ2v) is 4.81. The summed E-state index contributed by atoms with van der Waals surface area (Å²) >= 11 is 0. The third kappa shape index (κ3) is 2.68. The predicted octanol–water partition coefficient (Wildman–Crippen LogP) is 1.36. The van der Waals surface area contributed by atoms with E-state index in [1.54, 1.807) is 18.2 Å². The molecular formula is C14H18N2O4. The highest BCUT2D eigenvalue weighted by Crippen LogP contribution is 2.26. The molecule has 1 aromatic rings. The van der Waals surface area contributed by atoms with Crippen LogP contribution in [0.15, 0.2) is 18.2 Å². The van der Waals surface area contributed by atoms with Gasteiger partial charge in [0.2, 0.25) is 0 Å². The van der Waals surface area contributed by atoms with Gasteiger partial charge in [-0.15, -0.1) is 0 Å². The molecule has 1 atom stereocenters. The number of nitrogens with zero attached hydrogens (tertiary/aromatic N) is 1. The van der Waals surface area contributed by atoms with Crippen LogP contribution in [0.1, 0.15) is 29.6 Å². The molecule has 1 unspecified atom stereocenters. The second-order valence-electron chi connectivity index (χ2n) is 4.81. The van der Waals surface area contributed by atoms with E-state index in [1.165, 1.54) is 12.0 Å². The number of anilines is 1. The van der Waals surface area contributed by atoms with Gasteiger partial charge in [-0.05, 0) is 31.4 Å². The number of carbonyl (C=O) groups excluding carboxylic acids is 1. The first-order valence-corrected chi connectivity index (χ1v) is 6.52. The van der Waals surface area contributed by atoms with E-state index in [9.17, 15) is 14.7 Å². The lowest BCUT2D eigenvalue weighted by Crippen LogP contribution is -2.48. The third-order valence-electron chi connectivity index (χ3n) is 3.50. The number of piperidine rings is 1. The molecule has 1 amide bonds. The Morgan fingerprint density at radius 2 is 2.15 bits per heavy atom. The van der Waals surface area contributed by atoms with Crippen LogP contribution in [0.3, 0.4) is 0 Å². The fraction of sp³-hybridized carbons (Fsp3) is 0.429. The van der Waals surface area contributed by atoms with E-state index >= 15 is 0 Å². The summed E-state index contributed by atoms with van der Waals surface area (Å²) in [6.45, 7) is 0.448. The maximum Gasteiger partial charge on any atom is 0.326 e. The van der Waals surface area contributed by atoms with Gasteiger partial charge in [0.05, 0.1) is 12.7 Å². The van der Waals surface area contributed by atoms with Gasteiger partial charge in [0.15, 0.2) is 0 Å². The molecule has 1 aliphatic heterocycles. The fourth-order valence-electron chi connectivity index (χ4n) is 2.47. The van der Waals surface area contributed by atoms with Crippen molar-refractivity contribution in [2.24, 2.45) is 0 Å². The van der Waals surface area contributed by atoms with Crippen LogP contribution in [0.5, 0.6) is 5.75 Å². The van der Waals surface area contributed by atoms with Crippen LogP contribution in [0.2, 0.25) is 0 Å². The molecule has 1 heterocycles. The Hall–Kier alpha value is -2.24. The van der Waals surface area contributed by atoms with Gasteiger partial charge in [0, 0.05) is 18.3 Å². The van der Waals surface area contributed by atoms with Crippen molar-refractivity contribution in [1.82, 2.24) is 4.90 Å². The van der Waals surface area contributed by atoms with Crippen LogP contribution in [0.25, 0.3) is 0 Å². The first-order chi connectivity index (χ1) is 9.54. The van der Waals surface area contributed by atoms with E-state index < -0.39 is 12.0 Å². The van der Waals surface area contributed by atoms with Crippen LogP contribution >= 0.6 is 0 Å². The zero-order valence-electron chi connectivity index (χ0n) is 11.3. The largest absolute Gasteiger partial charge is 0.496 e. The lowest BCUT2D eigenvalue weighted by Gasteiger charge is -2.33. The van der Waals surface area contributed by atoms with E-state index in [4.69, 9.17) is 10.5 Å². The summed E-state index contributed by atoms with van der Waals surface area (Å²) < 4.78 is 5.16. The SMILES string of the molecule is COc1cc(N)ccc1C(=O)N1CCCCC1C(=O)O. The Bertz CT molecular complexity index is 530. The first kappa shape index (κ1) is 14.2. The van der Waals surface area contributed by atoms with Crippen molar-refractivity contribution >= 4 is 17.6 Å². The number of nitrogen functional groups attached to an aromatic ring is 1. The van der Waals surface area contributed by atoms with Crippen molar-refractivity contribution < 1.29 is 19.4 Å². The lowest BCUT2D eigenvalue weighted by atomic mass is 10.0. The molecule has 1 fully saturated rings. The number of hydrogen-bond donors (Lipinski definition) is 2. The average Bonchev–Trinajstić information content (AvgIpc) is 2.46. The second kappa shape index (κ2) is 5.81. The molecular weight excluding hydrogens is 260 g/mol. The van der Waals surface area contributed by atoms with Crippen molar-refractivity contribution in [2.45, 2.75) is 25.3 Å². The first-order valence-electron chi connectivity index (χ1n) is 6.52. The average molecular weight is 278 g/mol. The molecule has 2 rings (SSSR count). The highest BCUT2D eigenvalue weighted by atomic mass is 16.5. The van der Waals surface area contributed by atoms with Crippen LogP contribution in [-0.2, 0) is 4.79 Å². The summed E-state index contributed by atoms with van der Waals surface area (Å²) in [6, 6.07) is 3.98. The highest BCUT2D eigenvalue weighted by Gasteiger charge is 2.33. The molecule has 1 aromatic carbocycles. The summed E-state index contributed by atoms with van der Waals surface area (Å²) in [5.74, 6) is -0.925. The minimum Gasteiger partial charge on any atom is -0.496 e. The van der Waals surface area contributed by atoms with Crippen molar-refractivity contribution in [1.29, 1.82) is 0 Å². The number of benzene rings is 1. The van der Waals surface area contributed by atoms with E-state index in [0.717, 1.165) is 12.8 Å². The number of amides is 1. The smallest absolute Gasteiger partial charge is 0.326 e. The van der Waals surface area contributed by atoms with Crippen LogP contribution in [-0.4, -0.2) is 41.6 Å². The van der Waals surface area contributed by atoms with E-state index in [0.29, 0.717) is 30.0 Å². The Kier molecular flexibility index (Phi) is 4.12. The van der Waals surface area contributed by atoms with Gasteiger partial charge in [-0.1, -0.05) is 0 Å². The van der Waals surface area contributed by atoms with Gasteiger partial charge in [0.1, 0.15) is 11.8 Å². The molecule has 0 aliphatic carbocycles. The third-order valence-corrected chi connectivity index (χ3v) is 3.50. The van der Waals surface area contributed by atoms with Gasteiger partial charge in [-0.2, -0.15) is 0 Å². The van der Waals surface area contributed by atoms with Crippen molar-refractivity contribution in [3.63, 3.8) is 0 Å². The predicted molar refractivity (Wildman–Crippen MR) is 73.7 cm³/mol. The molecule has 1 saturated heterocycles. The normalized spacial score (nSPS) is 18.6. The molecule has 6 nitrogen and oxygen atoms in total. The zero-order valence-corrected chi connectivity index (χ0v) is 11.3.